The number of likely N-dealkylation sites (tertiary alicyclic amines) is 1. The number of phenols is 1. The predicted octanol–water partition coefficient (Wildman–Crippen LogP) is 6.00. The number of rotatable bonds is 8. The highest BCUT2D eigenvalue weighted by atomic mass is 16.3. The van der Waals surface area contributed by atoms with Gasteiger partial charge in [0.15, 0.2) is 0 Å². The van der Waals surface area contributed by atoms with E-state index in [2.05, 4.69) is 70.6 Å². The van der Waals surface area contributed by atoms with Gasteiger partial charge in [-0.2, -0.15) is 0 Å². The highest BCUT2D eigenvalue weighted by Gasteiger charge is 2.46. The van der Waals surface area contributed by atoms with Gasteiger partial charge in [0.1, 0.15) is 11.8 Å². The van der Waals surface area contributed by atoms with Gasteiger partial charge in [-0.3, -0.25) is 39.1 Å². The third-order valence-corrected chi connectivity index (χ3v) is 13.0. The summed E-state index contributed by atoms with van der Waals surface area (Å²) in [6.07, 6.45) is 4.22. The highest BCUT2D eigenvalue weighted by Crippen LogP contribution is 2.43. The van der Waals surface area contributed by atoms with Crippen LogP contribution in [0, 0.1) is 5.41 Å². The number of piperidine rings is 2. The lowest BCUT2D eigenvalue weighted by atomic mass is 9.78. The maximum atomic E-state index is 13.6. The fourth-order valence-corrected chi connectivity index (χ4v) is 9.73. The molecule has 3 saturated heterocycles. The number of amides is 5. The van der Waals surface area contributed by atoms with Crippen molar-refractivity contribution in [2.45, 2.75) is 64.6 Å². The van der Waals surface area contributed by atoms with Crippen molar-refractivity contribution in [3.8, 4) is 5.75 Å². The smallest absolute Gasteiger partial charge is 0.262 e. The number of nitrogens with one attached hydrogen (secondary N) is 1. The van der Waals surface area contributed by atoms with Gasteiger partial charge >= 0.3 is 0 Å². The molecule has 0 aromatic heterocycles. The number of benzene rings is 4. The minimum atomic E-state index is -1.01. The molecule has 3 fully saturated rings. The van der Waals surface area contributed by atoms with Gasteiger partial charge < -0.3 is 14.9 Å². The first kappa shape index (κ1) is 37.5. The molecule has 58 heavy (non-hydrogen) atoms. The second-order valence-electron chi connectivity index (χ2n) is 16.5. The van der Waals surface area contributed by atoms with Crippen molar-refractivity contribution in [1.29, 1.82) is 0 Å². The summed E-state index contributed by atoms with van der Waals surface area (Å²) in [5, 5.41) is 12.3. The second-order valence-corrected chi connectivity index (χ2v) is 16.5. The van der Waals surface area contributed by atoms with Crippen molar-refractivity contribution in [1.82, 2.24) is 20.0 Å². The number of imide groups is 2. The molecule has 0 saturated carbocycles. The van der Waals surface area contributed by atoms with E-state index >= 15 is 0 Å². The number of nitrogens with zero attached hydrogens (tertiary/aromatic N) is 4. The zero-order valence-electron chi connectivity index (χ0n) is 32.7. The van der Waals surface area contributed by atoms with Crippen LogP contribution in [-0.4, -0.2) is 88.1 Å². The SMILES string of the molecule is CCC(=C(c1ccc(O)cc1)c1ccc(N2CCC3(CCN(CC(=O)N4Cc5cc6c(cc5C4)C(=O)N(C4CCC(=O)NC4=O)C6=O)CC3)C2)cc1)c1ccccc1. The first-order valence-electron chi connectivity index (χ1n) is 20.4. The van der Waals surface area contributed by atoms with Crippen molar-refractivity contribution < 1.29 is 29.1 Å². The Balaban J connectivity index is 0.812. The van der Waals surface area contributed by atoms with E-state index in [1.54, 1.807) is 29.2 Å². The van der Waals surface area contributed by atoms with Crippen LogP contribution >= 0.6 is 0 Å². The van der Waals surface area contributed by atoms with Crippen molar-refractivity contribution in [3.63, 3.8) is 0 Å². The van der Waals surface area contributed by atoms with Crippen molar-refractivity contribution >= 4 is 46.4 Å². The van der Waals surface area contributed by atoms with E-state index in [1.807, 2.05) is 18.2 Å². The molecule has 5 heterocycles. The largest absolute Gasteiger partial charge is 0.508 e. The maximum Gasteiger partial charge on any atom is 0.262 e. The van der Waals surface area contributed by atoms with Gasteiger partial charge in [0.05, 0.1) is 17.7 Å². The van der Waals surface area contributed by atoms with Gasteiger partial charge in [-0.05, 0) is 126 Å². The van der Waals surface area contributed by atoms with Gasteiger partial charge in [-0.15, -0.1) is 0 Å². The summed E-state index contributed by atoms with van der Waals surface area (Å²) in [7, 11) is 0. The summed E-state index contributed by atoms with van der Waals surface area (Å²) in [6.45, 7) is 6.94. The Kier molecular flexibility index (Phi) is 9.71. The maximum absolute atomic E-state index is 13.6. The molecule has 9 rings (SSSR count). The average molecular weight is 778 g/mol. The number of hydrogen-bond donors (Lipinski definition) is 2. The molecular formula is C47H47N5O6. The standard InChI is InChI=1S/C47H47N5O6/c1-2-37(30-6-4-3-5-7-30)43(32-10-14-36(53)15-11-32)31-8-12-35(13-9-31)50-23-20-47(29-50)18-21-49(22-19-47)28-42(55)51-26-33-24-38-39(25-34(33)27-51)46(58)52(45(38)57)40-16-17-41(54)48-44(40)56/h3-15,24-25,40,53H,2,16-23,26-29H2,1H3,(H,48,54,56). The fraction of sp³-hybridized carbons (Fsp3) is 0.340. The number of fused-ring (bicyclic) bond motifs is 2. The van der Waals surface area contributed by atoms with Gasteiger partial charge in [-0.25, -0.2) is 0 Å². The van der Waals surface area contributed by atoms with E-state index in [9.17, 15) is 29.1 Å². The fourth-order valence-electron chi connectivity index (χ4n) is 9.73. The summed E-state index contributed by atoms with van der Waals surface area (Å²) >= 11 is 0. The van der Waals surface area contributed by atoms with Gasteiger partial charge in [-0.1, -0.05) is 61.5 Å². The molecule has 5 aliphatic rings. The molecule has 1 unspecified atom stereocenters. The molecule has 1 spiro atoms. The van der Waals surface area contributed by atoms with E-state index in [4.69, 9.17) is 0 Å². The molecule has 296 valence electrons. The Hall–Kier alpha value is -6.07. The van der Waals surface area contributed by atoms with Crippen molar-refractivity contribution in [3.05, 3.63) is 130 Å². The van der Waals surface area contributed by atoms with Crippen LogP contribution in [0.5, 0.6) is 5.75 Å². The summed E-state index contributed by atoms with van der Waals surface area (Å²) in [5.41, 5.74) is 9.43. The van der Waals surface area contributed by atoms with Crippen molar-refractivity contribution in [2.75, 3.05) is 37.6 Å². The second kappa shape index (κ2) is 15.0. The molecule has 5 amide bonds. The van der Waals surface area contributed by atoms with E-state index in [0.29, 0.717) is 19.6 Å². The van der Waals surface area contributed by atoms with E-state index in [0.717, 1.165) is 79.0 Å². The number of hydrogen-bond acceptors (Lipinski definition) is 8. The third kappa shape index (κ3) is 6.87. The summed E-state index contributed by atoms with van der Waals surface area (Å²) in [5.74, 6) is -1.83. The number of carbonyl (C=O) groups excluding carboxylic acids is 5. The van der Waals surface area contributed by atoms with E-state index < -0.39 is 29.7 Å². The van der Waals surface area contributed by atoms with Gasteiger partial charge in [0, 0.05) is 38.3 Å². The topological polar surface area (TPSA) is 131 Å². The minimum Gasteiger partial charge on any atom is -0.508 e. The first-order chi connectivity index (χ1) is 28.1. The average Bonchev–Trinajstić information content (AvgIpc) is 3.92. The molecule has 11 nitrogen and oxygen atoms in total. The van der Waals surface area contributed by atoms with Crippen LogP contribution in [0.15, 0.2) is 91.0 Å². The van der Waals surface area contributed by atoms with Crippen molar-refractivity contribution in [2.24, 2.45) is 5.41 Å². The summed E-state index contributed by atoms with van der Waals surface area (Å²) in [6, 6.07) is 29.3. The monoisotopic (exact) mass is 777 g/mol. The number of allylic oxidation sites excluding steroid dienone is 1. The van der Waals surface area contributed by atoms with E-state index in [-0.39, 0.29) is 41.0 Å². The lowest BCUT2D eigenvalue weighted by molar-refractivity contribution is -0.136. The van der Waals surface area contributed by atoms with Crippen LogP contribution < -0.4 is 10.2 Å². The van der Waals surface area contributed by atoms with Gasteiger partial charge in [0.2, 0.25) is 17.7 Å². The minimum absolute atomic E-state index is 0.0301. The number of phenolic OH excluding ortho intramolecular Hbond substituents is 1. The van der Waals surface area contributed by atoms with E-state index in [1.165, 1.54) is 22.4 Å². The third-order valence-electron chi connectivity index (χ3n) is 13.0. The van der Waals surface area contributed by atoms with Crippen LogP contribution in [0.4, 0.5) is 5.69 Å². The Morgan fingerprint density at radius 3 is 1.98 bits per heavy atom. The number of aromatic hydroxyl groups is 1. The van der Waals surface area contributed by atoms with Crippen LogP contribution in [-0.2, 0) is 27.5 Å². The molecule has 1 atom stereocenters. The van der Waals surface area contributed by atoms with Crippen LogP contribution in [0.2, 0.25) is 0 Å². The predicted molar refractivity (Wildman–Crippen MR) is 220 cm³/mol. The summed E-state index contributed by atoms with van der Waals surface area (Å²) in [4.78, 5) is 71.9. The lowest BCUT2D eigenvalue weighted by Gasteiger charge is -2.39. The zero-order valence-corrected chi connectivity index (χ0v) is 32.7. The Morgan fingerprint density at radius 2 is 1.38 bits per heavy atom. The molecule has 2 N–H and O–H groups in total. The zero-order chi connectivity index (χ0) is 40.1. The molecule has 0 bridgehead atoms. The van der Waals surface area contributed by atoms with Crippen LogP contribution in [0.25, 0.3) is 11.1 Å². The van der Waals surface area contributed by atoms with Crippen LogP contribution in [0.1, 0.15) is 94.0 Å². The molecule has 0 radical (unpaired) electrons. The molecule has 11 heteroatoms. The molecule has 4 aromatic rings. The quantitative estimate of drug-likeness (QED) is 0.165. The Labute approximate surface area is 337 Å². The normalized spacial score (nSPS) is 20.7. The molecule has 0 aliphatic carbocycles. The summed E-state index contributed by atoms with van der Waals surface area (Å²) < 4.78 is 0. The molecule has 5 aliphatic heterocycles. The highest BCUT2D eigenvalue weighted by molar-refractivity contribution is 6.23. The molecular weight excluding hydrogens is 731 g/mol. The number of anilines is 1. The van der Waals surface area contributed by atoms with Gasteiger partial charge in [0.25, 0.3) is 11.8 Å². The number of carbonyl (C=O) groups is 5. The Bertz CT molecular complexity index is 2300. The Morgan fingerprint density at radius 1 is 0.776 bits per heavy atom. The lowest BCUT2D eigenvalue weighted by Crippen LogP contribution is -2.54. The van der Waals surface area contributed by atoms with Crippen LogP contribution in [0.3, 0.4) is 0 Å². The molecule has 4 aromatic carbocycles. The first-order valence-corrected chi connectivity index (χ1v) is 20.4.